The van der Waals surface area contributed by atoms with Crippen molar-refractivity contribution in [2.45, 2.75) is 32.6 Å². The Morgan fingerprint density at radius 2 is 1.72 bits per heavy atom. The maximum atomic E-state index is 12.2. The molecule has 2 amide bonds. The molecule has 4 aromatic rings. The van der Waals surface area contributed by atoms with E-state index in [4.69, 9.17) is 8.94 Å². The van der Waals surface area contributed by atoms with Crippen LogP contribution in [0.4, 0.5) is 10.5 Å². The number of aromatic nitrogens is 3. The maximum Gasteiger partial charge on any atom is 0.319 e. The summed E-state index contributed by atoms with van der Waals surface area (Å²) in [6.45, 7) is 6.48. The van der Waals surface area contributed by atoms with Gasteiger partial charge in [0, 0.05) is 35.2 Å². The van der Waals surface area contributed by atoms with Gasteiger partial charge in [-0.3, -0.25) is 0 Å². The Hall–Kier alpha value is -3.94. The topological polar surface area (TPSA) is 106 Å². The van der Waals surface area contributed by atoms with Crippen molar-refractivity contribution in [3.63, 3.8) is 0 Å². The van der Waals surface area contributed by atoms with Crippen LogP contribution in [0.3, 0.4) is 0 Å². The van der Waals surface area contributed by atoms with E-state index in [2.05, 4.69) is 25.8 Å². The second kappa shape index (κ2) is 9.05. The first kappa shape index (κ1) is 21.3. The molecule has 4 rings (SSSR count). The molecule has 0 saturated heterocycles. The van der Waals surface area contributed by atoms with Gasteiger partial charge in [0.15, 0.2) is 0 Å². The van der Waals surface area contributed by atoms with Crippen LogP contribution in [0.5, 0.6) is 0 Å². The molecule has 0 atom stereocenters. The molecule has 0 unspecified atom stereocenters. The van der Waals surface area contributed by atoms with Gasteiger partial charge in [0.1, 0.15) is 6.26 Å². The molecule has 0 aliphatic heterocycles. The Kier molecular flexibility index (Phi) is 6.02. The van der Waals surface area contributed by atoms with Gasteiger partial charge >= 0.3 is 6.03 Å². The Bertz CT molecular complexity index is 1170. The number of nitrogens with one attached hydrogen (secondary N) is 2. The molecular formula is C24H25N5O3. The fourth-order valence-electron chi connectivity index (χ4n) is 2.96. The molecule has 0 aliphatic carbocycles. The first-order valence-corrected chi connectivity index (χ1v) is 10.4. The van der Waals surface area contributed by atoms with Crippen molar-refractivity contribution < 1.29 is 13.7 Å². The van der Waals surface area contributed by atoms with Crippen LogP contribution in [0, 0.1) is 0 Å². The molecule has 0 bridgehead atoms. The first-order chi connectivity index (χ1) is 15.4. The molecule has 0 saturated carbocycles. The number of oxazole rings is 1. The third kappa shape index (κ3) is 5.21. The van der Waals surface area contributed by atoms with E-state index in [-0.39, 0.29) is 11.4 Å². The summed E-state index contributed by atoms with van der Waals surface area (Å²) in [6, 6.07) is 16.7. The number of carbonyl (C=O) groups excluding carboxylic acids is 1. The Morgan fingerprint density at radius 3 is 2.41 bits per heavy atom. The number of carbonyl (C=O) groups is 1. The van der Waals surface area contributed by atoms with Crippen LogP contribution in [0.25, 0.3) is 22.8 Å². The van der Waals surface area contributed by atoms with Crippen molar-refractivity contribution in [2.24, 2.45) is 0 Å². The lowest BCUT2D eigenvalue weighted by Crippen LogP contribution is -2.30. The van der Waals surface area contributed by atoms with Crippen molar-refractivity contribution >= 4 is 11.7 Å². The fraction of sp³-hybridized carbons (Fsp3) is 0.250. The molecule has 164 valence electrons. The Balaban J connectivity index is 1.26. The number of hydrogen-bond acceptors (Lipinski definition) is 6. The standard InChI is InChI=1S/C24H25N5O3/c1-24(2,3)22-28-20(29-32-22)16-9-11-18(12-10-16)27-23(30)25-14-13-19-15-31-21(26-19)17-7-5-4-6-8-17/h4-12,15H,13-14H2,1-3H3,(H2,25,27,30). The van der Waals surface area contributed by atoms with Crippen LogP contribution < -0.4 is 10.6 Å². The minimum atomic E-state index is -0.292. The predicted octanol–water partition coefficient (Wildman–Crippen LogP) is 5.05. The smallest absolute Gasteiger partial charge is 0.319 e. The Morgan fingerprint density at radius 1 is 0.969 bits per heavy atom. The Labute approximate surface area is 186 Å². The monoisotopic (exact) mass is 431 g/mol. The van der Waals surface area contributed by atoms with Gasteiger partial charge in [-0.1, -0.05) is 44.1 Å². The van der Waals surface area contributed by atoms with E-state index in [0.717, 1.165) is 16.8 Å². The lowest BCUT2D eigenvalue weighted by atomic mass is 9.97. The average Bonchev–Trinajstić information content (AvgIpc) is 3.45. The van der Waals surface area contributed by atoms with E-state index in [1.165, 1.54) is 0 Å². The summed E-state index contributed by atoms with van der Waals surface area (Å²) >= 11 is 0. The van der Waals surface area contributed by atoms with E-state index in [9.17, 15) is 4.79 Å². The zero-order valence-electron chi connectivity index (χ0n) is 18.3. The molecule has 0 fully saturated rings. The minimum absolute atomic E-state index is 0.208. The number of benzene rings is 2. The summed E-state index contributed by atoms with van der Waals surface area (Å²) in [6.07, 6.45) is 2.18. The number of rotatable bonds is 6. The van der Waals surface area contributed by atoms with Crippen LogP contribution in [0.1, 0.15) is 32.4 Å². The summed E-state index contributed by atoms with van der Waals surface area (Å²) in [5.41, 5.74) is 2.97. The third-order valence-corrected chi connectivity index (χ3v) is 4.71. The third-order valence-electron chi connectivity index (χ3n) is 4.71. The zero-order valence-corrected chi connectivity index (χ0v) is 18.3. The van der Waals surface area contributed by atoms with Crippen LogP contribution >= 0.6 is 0 Å². The van der Waals surface area contributed by atoms with Gasteiger partial charge in [-0.2, -0.15) is 4.98 Å². The largest absolute Gasteiger partial charge is 0.444 e. The quantitative estimate of drug-likeness (QED) is 0.442. The van der Waals surface area contributed by atoms with Crippen LogP contribution in [-0.2, 0) is 11.8 Å². The second-order valence-electron chi connectivity index (χ2n) is 8.39. The number of nitrogens with zero attached hydrogens (tertiary/aromatic N) is 3. The zero-order chi connectivity index (χ0) is 22.6. The molecular weight excluding hydrogens is 406 g/mol. The van der Waals surface area contributed by atoms with Gasteiger partial charge in [-0.05, 0) is 36.4 Å². The second-order valence-corrected chi connectivity index (χ2v) is 8.39. The minimum Gasteiger partial charge on any atom is -0.444 e. The SMILES string of the molecule is CC(C)(C)c1nc(-c2ccc(NC(=O)NCCc3coc(-c4ccccc4)n3)cc2)no1. The highest BCUT2D eigenvalue weighted by Crippen LogP contribution is 2.24. The van der Waals surface area contributed by atoms with Crippen molar-refractivity contribution in [1.29, 1.82) is 0 Å². The first-order valence-electron chi connectivity index (χ1n) is 10.4. The molecule has 0 radical (unpaired) electrons. The highest BCUT2D eigenvalue weighted by Gasteiger charge is 2.22. The summed E-state index contributed by atoms with van der Waals surface area (Å²) in [5, 5.41) is 9.67. The predicted molar refractivity (Wildman–Crippen MR) is 121 cm³/mol. The fourth-order valence-corrected chi connectivity index (χ4v) is 2.96. The average molecular weight is 431 g/mol. The van der Waals surface area contributed by atoms with Gasteiger partial charge in [0.2, 0.25) is 17.6 Å². The summed E-state index contributed by atoms with van der Waals surface area (Å²) in [4.78, 5) is 21.1. The highest BCUT2D eigenvalue weighted by molar-refractivity contribution is 5.89. The maximum absolute atomic E-state index is 12.2. The van der Waals surface area contributed by atoms with Gasteiger partial charge < -0.3 is 19.6 Å². The molecule has 0 aliphatic rings. The van der Waals surface area contributed by atoms with Crippen LogP contribution in [-0.4, -0.2) is 27.7 Å². The molecule has 2 aromatic heterocycles. The number of urea groups is 1. The number of amides is 2. The lowest BCUT2D eigenvalue weighted by Gasteiger charge is -2.10. The van der Waals surface area contributed by atoms with E-state index in [0.29, 0.717) is 36.3 Å². The van der Waals surface area contributed by atoms with Crippen LogP contribution in [0.15, 0.2) is 69.8 Å². The van der Waals surface area contributed by atoms with Gasteiger partial charge in [0.05, 0.1) is 5.69 Å². The number of anilines is 1. The van der Waals surface area contributed by atoms with Gasteiger partial charge in [-0.15, -0.1) is 0 Å². The normalized spacial score (nSPS) is 11.3. The molecule has 8 nitrogen and oxygen atoms in total. The molecule has 8 heteroatoms. The van der Waals surface area contributed by atoms with Gasteiger partial charge in [0.25, 0.3) is 0 Å². The van der Waals surface area contributed by atoms with Gasteiger partial charge in [-0.25, -0.2) is 9.78 Å². The summed E-state index contributed by atoms with van der Waals surface area (Å²) in [5.74, 6) is 1.67. The molecule has 0 spiro atoms. The highest BCUT2D eigenvalue weighted by atomic mass is 16.5. The van der Waals surface area contributed by atoms with Crippen LogP contribution in [0.2, 0.25) is 0 Å². The van der Waals surface area contributed by atoms with E-state index in [1.807, 2.05) is 63.2 Å². The van der Waals surface area contributed by atoms with E-state index < -0.39 is 0 Å². The summed E-state index contributed by atoms with van der Waals surface area (Å²) in [7, 11) is 0. The molecule has 2 aromatic carbocycles. The van der Waals surface area contributed by atoms with Crippen molar-refractivity contribution in [3.8, 4) is 22.8 Å². The summed E-state index contributed by atoms with van der Waals surface area (Å²) < 4.78 is 10.8. The van der Waals surface area contributed by atoms with Crippen molar-refractivity contribution in [1.82, 2.24) is 20.4 Å². The van der Waals surface area contributed by atoms with Crippen molar-refractivity contribution in [2.75, 3.05) is 11.9 Å². The number of hydrogen-bond donors (Lipinski definition) is 2. The molecule has 2 heterocycles. The van der Waals surface area contributed by atoms with Crippen molar-refractivity contribution in [3.05, 3.63) is 72.4 Å². The lowest BCUT2D eigenvalue weighted by molar-refractivity contribution is 0.252. The van der Waals surface area contributed by atoms with E-state index >= 15 is 0 Å². The van der Waals surface area contributed by atoms with E-state index in [1.54, 1.807) is 18.4 Å². The molecule has 32 heavy (non-hydrogen) atoms. The molecule has 2 N–H and O–H groups in total.